The highest BCUT2D eigenvalue weighted by Crippen LogP contribution is 2.36. The average molecular weight is 458 g/mol. The van der Waals surface area contributed by atoms with Gasteiger partial charge in [-0.25, -0.2) is 8.42 Å². The number of halogens is 1. The topological polar surface area (TPSA) is 111 Å². The van der Waals surface area contributed by atoms with Gasteiger partial charge in [-0.2, -0.15) is 4.31 Å². The molecule has 1 saturated heterocycles. The van der Waals surface area contributed by atoms with Gasteiger partial charge in [0.15, 0.2) is 5.76 Å². The van der Waals surface area contributed by atoms with Crippen LogP contribution in [-0.4, -0.2) is 51.1 Å². The third-order valence-corrected chi connectivity index (χ3v) is 7.46. The molecular weight excluding hydrogens is 434 g/mol. The molecule has 0 saturated carbocycles. The van der Waals surface area contributed by atoms with E-state index in [0.717, 1.165) is 0 Å². The molecule has 1 unspecified atom stereocenters. The van der Waals surface area contributed by atoms with Crippen LogP contribution in [0.2, 0.25) is 5.02 Å². The Hall–Kier alpha value is -2.30. The largest absolute Gasteiger partial charge is 0.495 e. The first-order valence-electron chi connectivity index (χ1n) is 9.34. The first kappa shape index (κ1) is 22.4. The first-order valence-corrected chi connectivity index (χ1v) is 11.2. The minimum atomic E-state index is -3.81. The second-order valence-electron chi connectivity index (χ2n) is 7.03. The summed E-state index contributed by atoms with van der Waals surface area (Å²) in [4.78, 5) is 13.0. The molecule has 11 heteroatoms. The Balaban J connectivity index is 1.80. The van der Waals surface area contributed by atoms with Gasteiger partial charge in [0.1, 0.15) is 22.1 Å². The summed E-state index contributed by atoms with van der Waals surface area (Å²) in [5.41, 5.74) is 0.700. The van der Waals surface area contributed by atoms with E-state index in [4.69, 9.17) is 25.6 Å². The van der Waals surface area contributed by atoms with Gasteiger partial charge in [0.05, 0.1) is 30.8 Å². The van der Waals surface area contributed by atoms with Crippen molar-refractivity contribution >= 4 is 33.2 Å². The quantitative estimate of drug-likeness (QED) is 0.709. The molecule has 1 atom stereocenters. The van der Waals surface area contributed by atoms with E-state index >= 15 is 0 Å². The van der Waals surface area contributed by atoms with Crippen molar-refractivity contribution in [2.24, 2.45) is 5.92 Å². The minimum absolute atomic E-state index is 0.0608. The number of aromatic nitrogens is 1. The lowest BCUT2D eigenvalue weighted by molar-refractivity contribution is -0.120. The van der Waals surface area contributed by atoms with Crippen LogP contribution in [0, 0.1) is 19.8 Å². The van der Waals surface area contributed by atoms with E-state index in [-0.39, 0.29) is 23.1 Å². The van der Waals surface area contributed by atoms with E-state index < -0.39 is 15.9 Å². The molecule has 2 heterocycles. The van der Waals surface area contributed by atoms with Crippen molar-refractivity contribution in [3.63, 3.8) is 0 Å². The number of carbonyl (C=O) groups is 1. The molecular formula is C19H24ClN3O6S. The monoisotopic (exact) mass is 457 g/mol. The van der Waals surface area contributed by atoms with Crippen LogP contribution < -0.4 is 14.8 Å². The molecule has 0 bridgehead atoms. The van der Waals surface area contributed by atoms with E-state index in [9.17, 15) is 13.2 Å². The molecule has 1 aromatic heterocycles. The third kappa shape index (κ3) is 4.26. The number of anilines is 1. The molecule has 30 heavy (non-hydrogen) atoms. The zero-order valence-corrected chi connectivity index (χ0v) is 18.8. The van der Waals surface area contributed by atoms with Crippen molar-refractivity contribution in [3.05, 3.63) is 28.6 Å². The Bertz CT molecular complexity index is 1030. The van der Waals surface area contributed by atoms with Crippen molar-refractivity contribution in [1.29, 1.82) is 0 Å². The number of carbonyl (C=O) groups excluding carboxylic acids is 1. The number of aryl methyl sites for hydroxylation is 2. The van der Waals surface area contributed by atoms with Crippen LogP contribution >= 0.6 is 11.6 Å². The molecule has 0 spiro atoms. The number of hydrogen-bond acceptors (Lipinski definition) is 7. The summed E-state index contributed by atoms with van der Waals surface area (Å²) in [6, 6.07) is 3.12. The van der Waals surface area contributed by atoms with Gasteiger partial charge < -0.3 is 19.3 Å². The molecule has 1 N–H and O–H groups in total. The van der Waals surface area contributed by atoms with Gasteiger partial charge in [-0.1, -0.05) is 16.8 Å². The number of rotatable bonds is 6. The highest BCUT2D eigenvalue weighted by atomic mass is 35.5. The van der Waals surface area contributed by atoms with Gasteiger partial charge in [0.25, 0.3) is 0 Å². The van der Waals surface area contributed by atoms with Gasteiger partial charge in [0.2, 0.25) is 15.9 Å². The van der Waals surface area contributed by atoms with Gasteiger partial charge in [0, 0.05) is 25.2 Å². The lowest BCUT2D eigenvalue weighted by Crippen LogP contribution is -2.43. The SMILES string of the molecule is COc1cc(NC(=O)C2CCCN(S(=O)(=O)c3c(C)noc3C)C2)c(OC)cc1Cl. The molecule has 1 fully saturated rings. The normalized spacial score (nSPS) is 17.6. The predicted molar refractivity (Wildman–Crippen MR) is 111 cm³/mol. The standard InChI is InChI=1S/C19H24ClN3O6S/c1-11-18(12(2)29-22-11)30(25,26)23-7-5-6-13(10-23)19(24)21-15-9-16(27-3)14(20)8-17(15)28-4/h8-9,13H,5-7,10H2,1-4H3,(H,21,24). The van der Waals surface area contributed by atoms with Crippen LogP contribution in [0.25, 0.3) is 0 Å². The summed E-state index contributed by atoms with van der Waals surface area (Å²) in [6.45, 7) is 3.53. The molecule has 0 radical (unpaired) electrons. The van der Waals surface area contributed by atoms with Crippen LogP contribution in [-0.2, 0) is 14.8 Å². The third-order valence-electron chi connectivity index (χ3n) is 5.05. The van der Waals surface area contributed by atoms with E-state index in [1.54, 1.807) is 26.0 Å². The molecule has 1 aliphatic heterocycles. The number of methoxy groups -OCH3 is 2. The number of sulfonamides is 1. The van der Waals surface area contributed by atoms with E-state index in [1.807, 2.05) is 0 Å². The Labute approximate surface area is 180 Å². The van der Waals surface area contributed by atoms with Crippen LogP contribution in [0.1, 0.15) is 24.3 Å². The number of benzene rings is 1. The molecule has 2 aromatic rings. The molecule has 0 aliphatic carbocycles. The fraction of sp³-hybridized carbons (Fsp3) is 0.474. The number of amides is 1. The summed E-state index contributed by atoms with van der Waals surface area (Å²) in [5, 5.41) is 6.89. The van der Waals surface area contributed by atoms with Gasteiger partial charge in [-0.3, -0.25) is 4.79 Å². The van der Waals surface area contributed by atoms with Crippen LogP contribution in [0.5, 0.6) is 11.5 Å². The van der Waals surface area contributed by atoms with E-state index in [0.29, 0.717) is 47.3 Å². The fourth-order valence-corrected chi connectivity index (χ4v) is 5.59. The molecule has 3 rings (SSSR count). The molecule has 9 nitrogen and oxygen atoms in total. The van der Waals surface area contributed by atoms with Crippen molar-refractivity contribution in [1.82, 2.24) is 9.46 Å². The van der Waals surface area contributed by atoms with Crippen molar-refractivity contribution < 1.29 is 27.2 Å². The number of nitrogens with zero attached hydrogens (tertiary/aromatic N) is 2. The van der Waals surface area contributed by atoms with Gasteiger partial charge >= 0.3 is 0 Å². The molecule has 1 aromatic carbocycles. The molecule has 1 aliphatic rings. The fourth-order valence-electron chi connectivity index (χ4n) is 3.54. The molecule has 1 amide bonds. The summed E-state index contributed by atoms with van der Waals surface area (Å²) in [5.74, 6) is 0.165. The lowest BCUT2D eigenvalue weighted by Gasteiger charge is -2.31. The summed E-state index contributed by atoms with van der Waals surface area (Å²) >= 11 is 6.11. The maximum Gasteiger partial charge on any atom is 0.248 e. The summed E-state index contributed by atoms with van der Waals surface area (Å²) < 4.78 is 43.0. The van der Waals surface area contributed by atoms with Crippen molar-refractivity contribution in [3.8, 4) is 11.5 Å². The number of piperidine rings is 1. The maximum absolute atomic E-state index is 13.1. The Morgan fingerprint density at radius 1 is 1.27 bits per heavy atom. The first-order chi connectivity index (χ1) is 14.2. The maximum atomic E-state index is 13.1. The summed E-state index contributed by atoms with van der Waals surface area (Å²) in [6.07, 6.45) is 1.12. The second kappa shape index (κ2) is 8.83. The lowest BCUT2D eigenvalue weighted by atomic mass is 9.98. The highest BCUT2D eigenvalue weighted by Gasteiger charge is 2.36. The zero-order chi connectivity index (χ0) is 22.1. The average Bonchev–Trinajstić information content (AvgIpc) is 3.07. The van der Waals surface area contributed by atoms with Crippen molar-refractivity contribution in [2.45, 2.75) is 31.6 Å². The second-order valence-corrected chi connectivity index (χ2v) is 9.31. The minimum Gasteiger partial charge on any atom is -0.495 e. The number of nitrogens with one attached hydrogen (secondary N) is 1. The Morgan fingerprint density at radius 2 is 1.97 bits per heavy atom. The van der Waals surface area contributed by atoms with E-state index in [1.165, 1.54) is 18.5 Å². The highest BCUT2D eigenvalue weighted by molar-refractivity contribution is 7.89. The zero-order valence-electron chi connectivity index (χ0n) is 17.2. The Morgan fingerprint density at radius 3 is 2.57 bits per heavy atom. The van der Waals surface area contributed by atoms with Crippen LogP contribution in [0.15, 0.2) is 21.6 Å². The van der Waals surface area contributed by atoms with Crippen LogP contribution in [0.4, 0.5) is 5.69 Å². The van der Waals surface area contributed by atoms with E-state index in [2.05, 4.69) is 10.5 Å². The van der Waals surface area contributed by atoms with Crippen molar-refractivity contribution in [2.75, 3.05) is 32.6 Å². The number of hydrogen-bond donors (Lipinski definition) is 1. The summed E-state index contributed by atoms with van der Waals surface area (Å²) in [7, 11) is -0.879. The van der Waals surface area contributed by atoms with Gasteiger partial charge in [-0.05, 0) is 26.7 Å². The molecule has 164 valence electrons. The Kier molecular flexibility index (Phi) is 6.59. The van der Waals surface area contributed by atoms with Crippen LogP contribution in [0.3, 0.4) is 0 Å². The smallest absolute Gasteiger partial charge is 0.248 e. The van der Waals surface area contributed by atoms with Gasteiger partial charge in [-0.15, -0.1) is 0 Å². The predicted octanol–water partition coefficient (Wildman–Crippen LogP) is 3.00. The number of ether oxygens (including phenoxy) is 2.